The largest absolute Gasteiger partial charge is 0.498 e. The fourth-order valence-electron chi connectivity index (χ4n) is 1.69. The SMILES string of the molecule is Cc1cc(C)c(CO)c(C)c1C#[N+][O-]. The van der Waals surface area contributed by atoms with Gasteiger partial charge in [0.1, 0.15) is 5.56 Å². The van der Waals surface area contributed by atoms with Crippen LogP contribution in [0.4, 0.5) is 0 Å². The summed E-state index contributed by atoms with van der Waals surface area (Å²) in [4.78, 5) is 0. The summed E-state index contributed by atoms with van der Waals surface area (Å²) in [5.41, 5.74) is 4.40. The second-order valence-electron chi connectivity index (χ2n) is 3.35. The standard InChI is InChI=1S/C11H13NO2/c1-7-4-8(2)11(6-13)9(3)10(7)5-12-14/h4,13H,6H2,1-3H3. The van der Waals surface area contributed by atoms with E-state index in [1.54, 1.807) is 0 Å². The van der Waals surface area contributed by atoms with Crippen molar-refractivity contribution >= 4 is 0 Å². The topological polar surface area (TPSA) is 47.6 Å². The van der Waals surface area contributed by atoms with Crippen LogP contribution in [0.2, 0.25) is 0 Å². The number of aliphatic hydroxyl groups is 1. The molecule has 0 saturated heterocycles. The van der Waals surface area contributed by atoms with Gasteiger partial charge in [-0.1, -0.05) is 6.07 Å². The molecule has 1 N–H and O–H groups in total. The molecular formula is C11H13NO2. The summed E-state index contributed by atoms with van der Waals surface area (Å²) in [7, 11) is 0. The molecule has 1 aromatic rings. The first-order valence-electron chi connectivity index (χ1n) is 4.40. The monoisotopic (exact) mass is 191 g/mol. The van der Waals surface area contributed by atoms with Crippen molar-refractivity contribution in [2.45, 2.75) is 27.4 Å². The predicted octanol–water partition coefficient (Wildman–Crippen LogP) is 2.28. The van der Waals surface area contributed by atoms with E-state index in [4.69, 9.17) is 5.11 Å². The zero-order chi connectivity index (χ0) is 10.7. The minimum absolute atomic E-state index is 0.0223. The molecule has 0 unspecified atom stereocenters. The minimum atomic E-state index is -0.0223. The maximum Gasteiger partial charge on any atom is 0.337 e. The smallest absolute Gasteiger partial charge is 0.337 e. The number of hydrogen-bond acceptors (Lipinski definition) is 2. The summed E-state index contributed by atoms with van der Waals surface area (Å²) in [6.07, 6.45) is 0. The Balaban J connectivity index is 3.49. The fraction of sp³-hybridized carbons (Fsp3) is 0.364. The second kappa shape index (κ2) is 4.12. The van der Waals surface area contributed by atoms with E-state index in [2.05, 4.69) is 11.1 Å². The van der Waals surface area contributed by atoms with Crippen LogP contribution in [-0.2, 0) is 6.61 Å². The molecule has 3 nitrogen and oxygen atoms in total. The van der Waals surface area contributed by atoms with E-state index in [1.165, 1.54) is 0 Å². The highest BCUT2D eigenvalue weighted by molar-refractivity contribution is 5.51. The minimum Gasteiger partial charge on any atom is -0.498 e. The van der Waals surface area contributed by atoms with Gasteiger partial charge in [-0.05, 0) is 43.0 Å². The molecule has 14 heavy (non-hydrogen) atoms. The average Bonchev–Trinajstić information content (AvgIpc) is 2.12. The zero-order valence-electron chi connectivity index (χ0n) is 8.59. The number of hydrogen-bond donors (Lipinski definition) is 1. The van der Waals surface area contributed by atoms with Crippen LogP contribution in [0.1, 0.15) is 27.8 Å². The van der Waals surface area contributed by atoms with Crippen molar-refractivity contribution in [1.29, 1.82) is 0 Å². The third kappa shape index (κ3) is 1.70. The molecule has 0 spiro atoms. The van der Waals surface area contributed by atoms with Gasteiger partial charge >= 0.3 is 6.07 Å². The molecule has 0 aliphatic carbocycles. The molecule has 0 radical (unpaired) electrons. The summed E-state index contributed by atoms with van der Waals surface area (Å²) in [5, 5.41) is 21.9. The molecule has 0 fully saturated rings. The van der Waals surface area contributed by atoms with Crippen LogP contribution in [0, 0.1) is 32.0 Å². The van der Waals surface area contributed by atoms with Crippen molar-refractivity contribution in [2.75, 3.05) is 0 Å². The summed E-state index contributed by atoms with van der Waals surface area (Å²) in [6.45, 7) is 5.67. The van der Waals surface area contributed by atoms with E-state index in [9.17, 15) is 5.21 Å². The summed E-state index contributed by atoms with van der Waals surface area (Å²) < 4.78 is 0. The molecule has 0 saturated carbocycles. The quantitative estimate of drug-likeness (QED) is 0.692. The van der Waals surface area contributed by atoms with Gasteiger partial charge in [0.25, 0.3) is 0 Å². The van der Waals surface area contributed by atoms with Gasteiger partial charge < -0.3 is 10.3 Å². The van der Waals surface area contributed by atoms with Gasteiger partial charge in [0.05, 0.1) is 6.61 Å². The van der Waals surface area contributed by atoms with Crippen LogP contribution in [-0.4, -0.2) is 5.11 Å². The van der Waals surface area contributed by atoms with Gasteiger partial charge in [-0.15, -0.1) is 0 Å². The lowest BCUT2D eigenvalue weighted by atomic mass is 9.95. The van der Waals surface area contributed by atoms with Crippen molar-refractivity contribution < 1.29 is 5.11 Å². The number of aryl methyl sites for hydroxylation is 2. The summed E-state index contributed by atoms with van der Waals surface area (Å²) >= 11 is 0. The van der Waals surface area contributed by atoms with Crippen molar-refractivity contribution in [3.05, 3.63) is 44.1 Å². The fourth-order valence-corrected chi connectivity index (χ4v) is 1.69. The van der Waals surface area contributed by atoms with Gasteiger partial charge in [-0.25, -0.2) is 0 Å². The number of rotatable bonds is 1. The first-order valence-corrected chi connectivity index (χ1v) is 4.40. The highest BCUT2D eigenvalue weighted by Gasteiger charge is 2.11. The van der Waals surface area contributed by atoms with Crippen LogP contribution < -0.4 is 0 Å². The van der Waals surface area contributed by atoms with E-state index in [0.29, 0.717) is 5.56 Å². The van der Waals surface area contributed by atoms with E-state index in [-0.39, 0.29) is 6.61 Å². The van der Waals surface area contributed by atoms with E-state index >= 15 is 0 Å². The third-order valence-electron chi connectivity index (χ3n) is 2.45. The van der Waals surface area contributed by atoms with Gasteiger partial charge in [0, 0.05) is 5.01 Å². The van der Waals surface area contributed by atoms with Gasteiger partial charge in [0.15, 0.2) is 0 Å². The summed E-state index contributed by atoms with van der Waals surface area (Å²) in [5.74, 6) is 0. The van der Waals surface area contributed by atoms with Gasteiger partial charge in [-0.2, -0.15) is 0 Å². The lowest BCUT2D eigenvalue weighted by Gasteiger charge is -2.09. The lowest BCUT2D eigenvalue weighted by molar-refractivity contribution is 0.280. The van der Waals surface area contributed by atoms with Crippen molar-refractivity contribution in [3.8, 4) is 6.07 Å². The Morgan fingerprint density at radius 1 is 1.36 bits per heavy atom. The highest BCUT2D eigenvalue weighted by Crippen LogP contribution is 2.21. The Labute approximate surface area is 83.4 Å². The Hall–Kier alpha value is -1.53. The Bertz CT molecular complexity index is 414. The predicted molar refractivity (Wildman–Crippen MR) is 56.3 cm³/mol. The van der Waals surface area contributed by atoms with Crippen molar-refractivity contribution in [3.63, 3.8) is 0 Å². The molecule has 1 aromatic carbocycles. The molecule has 0 aliphatic rings. The molecule has 0 aromatic heterocycles. The van der Waals surface area contributed by atoms with Crippen LogP contribution in [0.5, 0.6) is 0 Å². The molecule has 74 valence electrons. The van der Waals surface area contributed by atoms with Gasteiger partial charge in [-0.3, -0.25) is 0 Å². The number of aliphatic hydroxyl groups excluding tert-OH is 1. The van der Waals surface area contributed by atoms with Crippen LogP contribution in [0.25, 0.3) is 5.01 Å². The maximum absolute atomic E-state index is 10.1. The third-order valence-corrected chi connectivity index (χ3v) is 2.45. The van der Waals surface area contributed by atoms with Crippen LogP contribution >= 0.6 is 0 Å². The molecule has 0 atom stereocenters. The zero-order valence-corrected chi connectivity index (χ0v) is 8.59. The first-order chi connectivity index (χ1) is 6.61. The Morgan fingerprint density at radius 3 is 2.50 bits per heavy atom. The second-order valence-corrected chi connectivity index (χ2v) is 3.35. The molecule has 1 rings (SSSR count). The molecule has 3 heteroatoms. The normalized spacial score (nSPS) is 9.43. The molecular weight excluding hydrogens is 178 g/mol. The average molecular weight is 191 g/mol. The maximum atomic E-state index is 10.1. The highest BCUT2D eigenvalue weighted by atomic mass is 16.4. The van der Waals surface area contributed by atoms with Crippen LogP contribution in [0.3, 0.4) is 0 Å². The van der Waals surface area contributed by atoms with E-state index in [0.717, 1.165) is 22.3 Å². The first kappa shape index (κ1) is 10.6. The molecule has 0 heterocycles. The van der Waals surface area contributed by atoms with Gasteiger partial charge in [0.2, 0.25) is 0 Å². The molecule has 0 amide bonds. The molecule has 0 aliphatic heterocycles. The summed E-state index contributed by atoms with van der Waals surface area (Å²) in [6, 6.07) is 4.33. The van der Waals surface area contributed by atoms with Crippen molar-refractivity contribution in [2.24, 2.45) is 0 Å². The Morgan fingerprint density at radius 2 is 2.00 bits per heavy atom. The van der Waals surface area contributed by atoms with Crippen molar-refractivity contribution in [1.82, 2.24) is 0 Å². The lowest BCUT2D eigenvalue weighted by Crippen LogP contribution is -1.99. The Kier molecular flexibility index (Phi) is 3.10. The number of benzene rings is 1. The van der Waals surface area contributed by atoms with Crippen LogP contribution in [0.15, 0.2) is 6.07 Å². The molecule has 0 bridgehead atoms. The van der Waals surface area contributed by atoms with E-state index < -0.39 is 0 Å². The van der Waals surface area contributed by atoms with E-state index in [1.807, 2.05) is 26.8 Å². The number of nitrogens with zero attached hydrogens (tertiary/aromatic N) is 1.